The van der Waals surface area contributed by atoms with Gasteiger partial charge >= 0.3 is 7.82 Å². The normalized spacial score (nSPS) is 10.7. The summed E-state index contributed by atoms with van der Waals surface area (Å²) >= 11 is 0. The van der Waals surface area contributed by atoms with E-state index in [9.17, 15) is 4.57 Å². The third-order valence-corrected chi connectivity index (χ3v) is 3.53. The van der Waals surface area contributed by atoms with E-state index in [1.165, 1.54) is 18.2 Å². The molecule has 0 atom stereocenters. The van der Waals surface area contributed by atoms with E-state index >= 15 is 0 Å². The summed E-state index contributed by atoms with van der Waals surface area (Å²) in [6, 6.07) is 21.4. The minimum atomic E-state index is -4.84. The minimum absolute atomic E-state index is 0.0132. The predicted molar refractivity (Wildman–Crippen MR) is 94.5 cm³/mol. The summed E-state index contributed by atoms with van der Waals surface area (Å²) in [7, 11) is -4.84. The van der Waals surface area contributed by atoms with Gasteiger partial charge in [0.15, 0.2) is 17.2 Å². The zero-order chi connectivity index (χ0) is 19.1. The van der Waals surface area contributed by atoms with Crippen LogP contribution in [0.5, 0.6) is 28.7 Å². The van der Waals surface area contributed by atoms with E-state index in [1.54, 1.807) is 54.6 Å². The predicted octanol–water partition coefficient (Wildman–Crippen LogP) is 3.90. The highest BCUT2D eigenvalue weighted by Gasteiger charge is 2.24. The zero-order valence-corrected chi connectivity index (χ0v) is 14.7. The molecule has 0 fully saturated rings. The Balaban J connectivity index is 1.84. The van der Waals surface area contributed by atoms with E-state index in [4.69, 9.17) is 29.3 Å². The Labute approximate surface area is 154 Å². The van der Waals surface area contributed by atoms with E-state index in [0.29, 0.717) is 11.5 Å². The molecule has 3 rings (SSSR count). The highest BCUT2D eigenvalue weighted by atomic mass is 31.2. The van der Waals surface area contributed by atoms with Gasteiger partial charge in [-0.1, -0.05) is 42.5 Å². The second kappa shape index (κ2) is 8.46. The fraction of sp³-hybridized carbons (Fsp3) is 0. The molecule has 0 amide bonds. The molecule has 0 radical (unpaired) electrons. The topological polar surface area (TPSA) is 104 Å². The molecule has 0 heterocycles. The van der Waals surface area contributed by atoms with Gasteiger partial charge in [-0.05, 0) is 36.4 Å². The van der Waals surface area contributed by atoms with Crippen LogP contribution in [-0.4, -0.2) is 9.79 Å². The quantitative estimate of drug-likeness (QED) is 0.339. The van der Waals surface area contributed by atoms with Crippen molar-refractivity contribution in [2.45, 2.75) is 0 Å². The first-order chi connectivity index (χ1) is 13.0. The molecule has 8 nitrogen and oxygen atoms in total. The van der Waals surface area contributed by atoms with Crippen LogP contribution in [0.2, 0.25) is 0 Å². The van der Waals surface area contributed by atoms with Crippen LogP contribution in [0.4, 0.5) is 0 Å². The molecule has 0 aliphatic carbocycles. The first-order valence-electron chi connectivity index (χ1n) is 7.68. The van der Waals surface area contributed by atoms with Gasteiger partial charge in [0, 0.05) is 0 Å². The van der Waals surface area contributed by atoms with Crippen LogP contribution in [-0.2, 0) is 4.57 Å². The molecule has 0 aliphatic rings. The number of phosphoric acid groups is 1. The van der Waals surface area contributed by atoms with Crippen LogP contribution in [0.3, 0.4) is 0 Å². The van der Waals surface area contributed by atoms with Crippen molar-refractivity contribution < 1.29 is 38.4 Å². The van der Waals surface area contributed by atoms with Gasteiger partial charge in [0.05, 0.1) is 0 Å². The van der Waals surface area contributed by atoms with Crippen molar-refractivity contribution in [3.8, 4) is 28.7 Å². The van der Waals surface area contributed by atoms with E-state index in [1.807, 2.05) is 6.07 Å². The molecule has 0 aliphatic heterocycles. The molecule has 9 heteroatoms. The number of hydrogen-bond donors (Lipinski definition) is 2. The number of hydrogen-bond acceptors (Lipinski definition) is 6. The van der Waals surface area contributed by atoms with Crippen molar-refractivity contribution >= 4 is 7.82 Å². The van der Waals surface area contributed by atoms with Crippen LogP contribution in [0.1, 0.15) is 0 Å². The van der Waals surface area contributed by atoms with Crippen LogP contribution in [0.25, 0.3) is 0 Å². The average molecular weight is 390 g/mol. The average Bonchev–Trinajstić information content (AvgIpc) is 2.66. The van der Waals surface area contributed by atoms with Crippen molar-refractivity contribution in [1.82, 2.24) is 0 Å². The Morgan fingerprint density at radius 3 is 1.67 bits per heavy atom. The zero-order valence-electron chi connectivity index (χ0n) is 13.8. The standard InChI is InChI=1S/C18H15O8P/c19-27(20,21)26-17-13-7-12-16(24-22-14-8-3-1-4-9-14)18(17)25-23-15-10-5-2-6-11-15/h1-13H,(H2,19,20,21). The molecule has 0 spiro atoms. The lowest BCUT2D eigenvalue weighted by Crippen LogP contribution is -2.07. The summed E-state index contributed by atoms with van der Waals surface area (Å²) in [5, 5.41) is 0. The van der Waals surface area contributed by atoms with Gasteiger partial charge < -0.3 is 4.52 Å². The largest absolute Gasteiger partial charge is 0.524 e. The summed E-state index contributed by atoms with van der Waals surface area (Å²) in [5.74, 6) is 0.266. The molecule has 140 valence electrons. The first kappa shape index (κ1) is 18.6. The lowest BCUT2D eigenvalue weighted by atomic mass is 10.3. The van der Waals surface area contributed by atoms with Crippen molar-refractivity contribution in [3.63, 3.8) is 0 Å². The van der Waals surface area contributed by atoms with Crippen LogP contribution in [0.15, 0.2) is 78.9 Å². The Morgan fingerprint density at radius 2 is 1.11 bits per heavy atom. The van der Waals surface area contributed by atoms with Crippen molar-refractivity contribution in [3.05, 3.63) is 78.9 Å². The fourth-order valence-electron chi connectivity index (χ4n) is 1.98. The molecular weight excluding hydrogens is 375 g/mol. The highest BCUT2D eigenvalue weighted by molar-refractivity contribution is 7.46. The van der Waals surface area contributed by atoms with E-state index in [0.717, 1.165) is 0 Å². The Bertz CT molecular complexity index is 911. The maximum Gasteiger partial charge on any atom is 0.524 e. The Hall–Kier alpha value is -3.19. The molecule has 3 aromatic rings. The van der Waals surface area contributed by atoms with Crippen molar-refractivity contribution in [2.24, 2.45) is 0 Å². The molecular formula is C18H15O8P. The maximum atomic E-state index is 11.2. The van der Waals surface area contributed by atoms with Gasteiger partial charge in [-0.15, -0.1) is 0 Å². The fourth-order valence-corrected chi connectivity index (χ4v) is 2.38. The first-order valence-corrected chi connectivity index (χ1v) is 9.21. The van der Waals surface area contributed by atoms with E-state index < -0.39 is 7.82 Å². The molecule has 27 heavy (non-hydrogen) atoms. The third-order valence-electron chi connectivity index (χ3n) is 3.10. The number of benzene rings is 3. The number of phosphoric ester groups is 1. The Morgan fingerprint density at radius 1 is 0.593 bits per heavy atom. The molecule has 0 bridgehead atoms. The van der Waals surface area contributed by atoms with Crippen LogP contribution < -0.4 is 24.1 Å². The smallest absolute Gasteiger partial charge is 0.400 e. The van der Waals surface area contributed by atoms with Crippen LogP contribution in [0, 0.1) is 0 Å². The van der Waals surface area contributed by atoms with E-state index in [2.05, 4.69) is 4.52 Å². The summed E-state index contributed by atoms with van der Waals surface area (Å²) in [4.78, 5) is 39.0. The molecule has 0 unspecified atom stereocenters. The van der Waals surface area contributed by atoms with Gasteiger partial charge in [0.2, 0.25) is 5.75 Å². The van der Waals surface area contributed by atoms with E-state index in [-0.39, 0.29) is 17.2 Å². The van der Waals surface area contributed by atoms with Crippen LogP contribution >= 0.6 is 7.82 Å². The molecule has 0 aromatic heterocycles. The molecule has 3 aromatic carbocycles. The lowest BCUT2D eigenvalue weighted by Gasteiger charge is -2.15. The van der Waals surface area contributed by atoms with Gasteiger partial charge in [-0.2, -0.15) is 0 Å². The minimum Gasteiger partial charge on any atom is -0.400 e. The maximum absolute atomic E-state index is 11.2. The molecule has 0 saturated heterocycles. The summed E-state index contributed by atoms with van der Waals surface area (Å²) in [6.07, 6.45) is 0. The Kier molecular flexibility index (Phi) is 5.83. The van der Waals surface area contributed by atoms with Gasteiger partial charge in [-0.25, -0.2) is 4.57 Å². The molecule has 2 N–H and O–H groups in total. The summed E-state index contributed by atoms with van der Waals surface area (Å²) < 4.78 is 15.9. The number of para-hydroxylation sites is 3. The SMILES string of the molecule is O=P(O)(O)Oc1cccc(OOc2ccccc2)c1OOc1ccccc1. The van der Waals surface area contributed by atoms with Crippen molar-refractivity contribution in [1.29, 1.82) is 0 Å². The van der Waals surface area contributed by atoms with Crippen molar-refractivity contribution in [2.75, 3.05) is 0 Å². The highest BCUT2D eigenvalue weighted by Crippen LogP contribution is 2.46. The lowest BCUT2D eigenvalue weighted by molar-refractivity contribution is -0.128. The summed E-state index contributed by atoms with van der Waals surface area (Å²) in [5.41, 5.74) is 0. The number of rotatable bonds is 8. The van der Waals surface area contributed by atoms with Gasteiger partial charge in [0.1, 0.15) is 0 Å². The third kappa shape index (κ3) is 5.65. The summed E-state index contributed by atoms with van der Waals surface area (Å²) in [6.45, 7) is 0. The van der Waals surface area contributed by atoms with Gasteiger partial charge in [-0.3, -0.25) is 29.3 Å². The second-order valence-electron chi connectivity index (χ2n) is 5.12. The van der Waals surface area contributed by atoms with Gasteiger partial charge in [0.25, 0.3) is 5.75 Å². The monoisotopic (exact) mass is 390 g/mol. The molecule has 0 saturated carbocycles. The second-order valence-corrected chi connectivity index (χ2v) is 6.29.